The van der Waals surface area contributed by atoms with Crippen LogP contribution in [0, 0.1) is 10.5 Å². The van der Waals surface area contributed by atoms with Crippen LogP contribution < -0.4 is 4.74 Å². The standard InChI is InChI=1S/C22H27IO10/c1-11-9-16(23)7-8-17(11)31-21-22(6,33-15(5)27)20(30-14(4)26)19(29-13(3)25)18(32-21)10-28-12(2)24/h7-9,18-21H,10H2,1-6H3/t18-,19-,20+,21+,22+/m1/s1. The van der Waals surface area contributed by atoms with Gasteiger partial charge in [-0.05, 0) is 60.2 Å². The fourth-order valence-electron chi connectivity index (χ4n) is 3.47. The van der Waals surface area contributed by atoms with Gasteiger partial charge in [-0.2, -0.15) is 0 Å². The molecule has 1 aromatic rings. The second-order valence-electron chi connectivity index (χ2n) is 7.72. The second-order valence-corrected chi connectivity index (χ2v) is 8.96. The van der Waals surface area contributed by atoms with E-state index in [1.54, 1.807) is 6.07 Å². The van der Waals surface area contributed by atoms with Crippen LogP contribution in [0.2, 0.25) is 0 Å². The maximum Gasteiger partial charge on any atom is 0.303 e. The fourth-order valence-corrected chi connectivity index (χ4v) is 4.12. The summed E-state index contributed by atoms with van der Waals surface area (Å²) < 4.78 is 34.6. The van der Waals surface area contributed by atoms with Crippen LogP contribution in [-0.4, -0.2) is 60.7 Å². The van der Waals surface area contributed by atoms with E-state index in [0.717, 1.165) is 23.0 Å². The third-order valence-corrected chi connectivity index (χ3v) is 5.45. The molecule has 2 rings (SSSR count). The summed E-state index contributed by atoms with van der Waals surface area (Å²) in [7, 11) is 0. The number of benzene rings is 1. The molecule has 11 heteroatoms. The molecule has 1 heterocycles. The van der Waals surface area contributed by atoms with Crippen LogP contribution in [0.25, 0.3) is 0 Å². The zero-order valence-electron chi connectivity index (χ0n) is 19.2. The molecule has 1 fully saturated rings. The predicted octanol–water partition coefficient (Wildman–Crippen LogP) is 2.45. The van der Waals surface area contributed by atoms with E-state index in [2.05, 4.69) is 22.6 Å². The average molecular weight is 578 g/mol. The highest BCUT2D eigenvalue weighted by molar-refractivity contribution is 14.1. The first-order valence-electron chi connectivity index (χ1n) is 10.1. The van der Waals surface area contributed by atoms with E-state index in [9.17, 15) is 19.2 Å². The lowest BCUT2D eigenvalue weighted by atomic mass is 9.87. The van der Waals surface area contributed by atoms with Crippen LogP contribution in [0.1, 0.15) is 40.2 Å². The molecule has 0 radical (unpaired) electrons. The van der Waals surface area contributed by atoms with Crippen molar-refractivity contribution in [3.8, 4) is 5.75 Å². The van der Waals surface area contributed by atoms with Crippen molar-refractivity contribution in [2.75, 3.05) is 6.61 Å². The third-order valence-electron chi connectivity index (χ3n) is 4.78. The second kappa shape index (κ2) is 11.1. The van der Waals surface area contributed by atoms with Crippen LogP contribution in [0.15, 0.2) is 18.2 Å². The SMILES string of the molecule is CC(=O)OC[C@H]1O[C@H](Oc2ccc(I)cc2C)[C@@](C)(OC(C)=O)[C@@H](OC(C)=O)[C@@H]1OC(C)=O. The van der Waals surface area contributed by atoms with Crippen molar-refractivity contribution in [3.63, 3.8) is 0 Å². The van der Waals surface area contributed by atoms with Gasteiger partial charge >= 0.3 is 23.9 Å². The molecule has 1 aromatic carbocycles. The highest BCUT2D eigenvalue weighted by Gasteiger charge is 2.61. The van der Waals surface area contributed by atoms with Gasteiger partial charge in [0.1, 0.15) is 18.5 Å². The molecular formula is C22H27IO10. The first-order valence-corrected chi connectivity index (χ1v) is 11.2. The first-order chi connectivity index (χ1) is 15.3. The van der Waals surface area contributed by atoms with Gasteiger partial charge in [-0.1, -0.05) is 0 Å². The summed E-state index contributed by atoms with van der Waals surface area (Å²) in [5.74, 6) is -2.29. The molecule has 182 valence electrons. The number of carbonyl (C=O) groups is 4. The fraction of sp³-hybridized carbons (Fsp3) is 0.545. The van der Waals surface area contributed by atoms with Gasteiger partial charge in [0.15, 0.2) is 12.2 Å². The Balaban J connectivity index is 2.57. The van der Waals surface area contributed by atoms with Crippen LogP contribution in [0.4, 0.5) is 0 Å². The molecule has 0 unspecified atom stereocenters. The number of halogens is 1. The number of ether oxygens (including phenoxy) is 6. The predicted molar refractivity (Wildman–Crippen MR) is 121 cm³/mol. The molecule has 0 aromatic heterocycles. The van der Waals surface area contributed by atoms with Gasteiger partial charge in [0, 0.05) is 31.3 Å². The van der Waals surface area contributed by atoms with Crippen LogP contribution >= 0.6 is 22.6 Å². The number of carbonyl (C=O) groups excluding carboxylic acids is 4. The first kappa shape index (κ1) is 26.8. The zero-order chi connectivity index (χ0) is 24.9. The summed E-state index contributed by atoms with van der Waals surface area (Å²) in [6.07, 6.45) is -4.98. The van der Waals surface area contributed by atoms with Crippen LogP contribution in [-0.2, 0) is 42.9 Å². The molecule has 10 nitrogen and oxygen atoms in total. The van der Waals surface area contributed by atoms with Gasteiger partial charge in [-0.15, -0.1) is 0 Å². The number of hydrogen-bond donors (Lipinski definition) is 0. The van der Waals surface area contributed by atoms with Crippen molar-refractivity contribution >= 4 is 46.5 Å². The van der Waals surface area contributed by atoms with Crippen molar-refractivity contribution < 1.29 is 47.6 Å². The summed E-state index contributed by atoms with van der Waals surface area (Å²) in [6, 6.07) is 5.41. The Labute approximate surface area is 205 Å². The van der Waals surface area contributed by atoms with Gasteiger partial charge in [0.25, 0.3) is 0 Å². The molecule has 0 N–H and O–H groups in total. The van der Waals surface area contributed by atoms with Crippen molar-refractivity contribution in [2.45, 2.75) is 71.7 Å². The minimum Gasteiger partial charge on any atom is -0.463 e. The van der Waals surface area contributed by atoms with E-state index in [1.807, 2.05) is 19.1 Å². The zero-order valence-corrected chi connectivity index (χ0v) is 21.4. The van der Waals surface area contributed by atoms with Crippen molar-refractivity contribution in [1.29, 1.82) is 0 Å². The monoisotopic (exact) mass is 578 g/mol. The van der Waals surface area contributed by atoms with Crippen molar-refractivity contribution in [2.24, 2.45) is 0 Å². The van der Waals surface area contributed by atoms with Gasteiger partial charge in [0.2, 0.25) is 11.9 Å². The summed E-state index contributed by atoms with van der Waals surface area (Å²) in [4.78, 5) is 47.3. The maximum atomic E-state index is 12.0. The quantitative estimate of drug-likeness (QED) is 0.271. The Kier molecular flexibility index (Phi) is 9.06. The van der Waals surface area contributed by atoms with Gasteiger partial charge < -0.3 is 28.4 Å². The molecule has 0 bridgehead atoms. The summed E-state index contributed by atoms with van der Waals surface area (Å²) in [5.41, 5.74) is -0.946. The highest BCUT2D eigenvalue weighted by Crippen LogP contribution is 2.39. The maximum absolute atomic E-state index is 12.0. The van der Waals surface area contributed by atoms with Gasteiger partial charge in [0.05, 0.1) is 0 Å². The topological polar surface area (TPSA) is 124 Å². The Morgan fingerprint density at radius 1 is 1.00 bits per heavy atom. The molecule has 0 spiro atoms. The van der Waals surface area contributed by atoms with E-state index in [1.165, 1.54) is 20.8 Å². The van der Waals surface area contributed by atoms with E-state index in [4.69, 9.17) is 28.4 Å². The smallest absolute Gasteiger partial charge is 0.303 e. The van der Waals surface area contributed by atoms with E-state index < -0.39 is 54.1 Å². The Hall–Kier alpha value is -2.41. The Morgan fingerprint density at radius 2 is 1.64 bits per heavy atom. The van der Waals surface area contributed by atoms with E-state index in [0.29, 0.717) is 5.75 Å². The average Bonchev–Trinajstić information content (AvgIpc) is 2.66. The molecule has 0 saturated carbocycles. The molecule has 0 amide bonds. The lowest BCUT2D eigenvalue weighted by Gasteiger charge is -2.49. The molecular weight excluding hydrogens is 551 g/mol. The van der Waals surface area contributed by atoms with E-state index in [-0.39, 0.29) is 6.61 Å². The highest BCUT2D eigenvalue weighted by atomic mass is 127. The minimum absolute atomic E-state index is 0.327. The minimum atomic E-state index is -1.72. The Morgan fingerprint density at radius 3 is 2.15 bits per heavy atom. The lowest BCUT2D eigenvalue weighted by Crippen LogP contribution is -2.70. The van der Waals surface area contributed by atoms with Crippen molar-refractivity contribution in [3.05, 3.63) is 27.3 Å². The summed E-state index contributed by atoms with van der Waals surface area (Å²) >= 11 is 2.16. The lowest BCUT2D eigenvalue weighted by molar-refractivity contribution is -0.321. The van der Waals surface area contributed by atoms with Gasteiger partial charge in [-0.25, -0.2) is 0 Å². The Bertz CT molecular complexity index is 916. The normalized spacial score (nSPS) is 26.6. The third kappa shape index (κ3) is 7.03. The molecule has 33 heavy (non-hydrogen) atoms. The van der Waals surface area contributed by atoms with Gasteiger partial charge in [-0.3, -0.25) is 19.2 Å². The molecule has 5 atom stereocenters. The van der Waals surface area contributed by atoms with Crippen molar-refractivity contribution in [1.82, 2.24) is 0 Å². The molecule has 1 aliphatic rings. The number of rotatable bonds is 7. The molecule has 1 aliphatic heterocycles. The molecule has 1 saturated heterocycles. The number of aryl methyl sites for hydroxylation is 1. The van der Waals surface area contributed by atoms with Crippen LogP contribution in [0.5, 0.6) is 5.75 Å². The van der Waals surface area contributed by atoms with Crippen LogP contribution in [0.3, 0.4) is 0 Å². The molecule has 0 aliphatic carbocycles. The number of hydrogen-bond acceptors (Lipinski definition) is 10. The largest absolute Gasteiger partial charge is 0.463 e. The number of esters is 4. The van der Waals surface area contributed by atoms with E-state index >= 15 is 0 Å². The summed E-state index contributed by atoms with van der Waals surface area (Å²) in [5, 5.41) is 0. The summed E-state index contributed by atoms with van der Waals surface area (Å²) in [6.45, 7) is 7.66.